The summed E-state index contributed by atoms with van der Waals surface area (Å²) in [5.41, 5.74) is 2.00. The quantitative estimate of drug-likeness (QED) is 0.388. The van der Waals surface area contributed by atoms with E-state index in [0.717, 1.165) is 15.6 Å². The Morgan fingerprint density at radius 2 is 1.96 bits per heavy atom. The highest BCUT2D eigenvalue weighted by atomic mass is 79.9. The molecule has 0 aliphatic rings. The number of halogens is 2. The van der Waals surface area contributed by atoms with E-state index in [9.17, 15) is 9.90 Å². The van der Waals surface area contributed by atoms with Crippen LogP contribution < -0.4 is 5.56 Å². The van der Waals surface area contributed by atoms with Crippen molar-refractivity contribution < 1.29 is 5.11 Å². The van der Waals surface area contributed by atoms with Crippen LogP contribution in [-0.4, -0.2) is 21.0 Å². The largest absolute Gasteiger partial charge is 0.506 e. The molecule has 8 heteroatoms. The fourth-order valence-corrected chi connectivity index (χ4v) is 4.81. The molecule has 0 aliphatic carbocycles. The molecule has 27 heavy (non-hydrogen) atoms. The Labute approximate surface area is 174 Å². The van der Waals surface area contributed by atoms with E-state index in [1.807, 2.05) is 35.7 Å². The molecule has 0 unspecified atom stereocenters. The molecular formula is C19H11Br2N3O2S. The number of thiophene rings is 1. The van der Waals surface area contributed by atoms with E-state index in [2.05, 4.69) is 41.9 Å². The van der Waals surface area contributed by atoms with E-state index in [1.165, 1.54) is 28.6 Å². The van der Waals surface area contributed by atoms with Crippen molar-refractivity contribution in [3.63, 3.8) is 0 Å². The highest BCUT2D eigenvalue weighted by Gasteiger charge is 2.13. The van der Waals surface area contributed by atoms with Crippen molar-refractivity contribution in [3.8, 4) is 16.9 Å². The number of rotatable bonds is 3. The van der Waals surface area contributed by atoms with Crippen LogP contribution in [0, 0.1) is 0 Å². The van der Waals surface area contributed by atoms with E-state index in [0.29, 0.717) is 20.3 Å². The summed E-state index contributed by atoms with van der Waals surface area (Å²) in [5.74, 6) is 0.0459. The summed E-state index contributed by atoms with van der Waals surface area (Å²) in [6.07, 6.45) is 2.81. The fourth-order valence-electron chi connectivity index (χ4n) is 2.64. The summed E-state index contributed by atoms with van der Waals surface area (Å²) in [6.45, 7) is 0. The van der Waals surface area contributed by atoms with Gasteiger partial charge in [-0.15, -0.1) is 11.3 Å². The smallest absolute Gasteiger partial charge is 0.283 e. The molecule has 0 saturated carbocycles. The van der Waals surface area contributed by atoms with Gasteiger partial charge in [-0.3, -0.25) is 4.79 Å². The molecule has 0 radical (unpaired) electrons. The van der Waals surface area contributed by atoms with Gasteiger partial charge < -0.3 is 5.11 Å². The van der Waals surface area contributed by atoms with Crippen molar-refractivity contribution >= 4 is 59.6 Å². The zero-order valence-corrected chi connectivity index (χ0v) is 17.6. The van der Waals surface area contributed by atoms with Crippen molar-refractivity contribution in [2.45, 2.75) is 0 Å². The average molecular weight is 505 g/mol. The van der Waals surface area contributed by atoms with Gasteiger partial charge in [0.1, 0.15) is 16.9 Å². The summed E-state index contributed by atoms with van der Waals surface area (Å²) in [6, 6.07) is 13.1. The zero-order valence-electron chi connectivity index (χ0n) is 13.6. The molecule has 5 nitrogen and oxygen atoms in total. The third-order valence-electron chi connectivity index (χ3n) is 3.94. The number of aromatic hydroxyl groups is 1. The highest BCUT2D eigenvalue weighted by molar-refractivity contribution is 9.11. The van der Waals surface area contributed by atoms with Gasteiger partial charge in [-0.05, 0) is 33.6 Å². The van der Waals surface area contributed by atoms with Gasteiger partial charge in [-0.1, -0.05) is 46.3 Å². The molecule has 0 amide bonds. The first-order valence-electron chi connectivity index (χ1n) is 7.81. The lowest BCUT2D eigenvalue weighted by Crippen LogP contribution is -2.16. The maximum Gasteiger partial charge on any atom is 0.283 e. The maximum absolute atomic E-state index is 13.0. The van der Waals surface area contributed by atoms with E-state index >= 15 is 0 Å². The molecule has 2 aromatic carbocycles. The van der Waals surface area contributed by atoms with E-state index in [-0.39, 0.29) is 11.3 Å². The number of phenols is 1. The molecule has 0 spiro atoms. The summed E-state index contributed by atoms with van der Waals surface area (Å²) >= 11 is 8.07. The van der Waals surface area contributed by atoms with Crippen molar-refractivity contribution in [3.05, 3.63) is 79.0 Å². The molecule has 2 aromatic heterocycles. The van der Waals surface area contributed by atoms with Crippen LogP contribution in [-0.2, 0) is 0 Å². The molecule has 0 bridgehead atoms. The minimum atomic E-state index is -0.259. The second kappa shape index (κ2) is 7.38. The molecule has 0 saturated heterocycles. The van der Waals surface area contributed by atoms with Gasteiger partial charge in [0.2, 0.25) is 0 Å². The number of hydrogen-bond donors (Lipinski definition) is 1. The van der Waals surface area contributed by atoms with Crippen LogP contribution in [0.15, 0.2) is 73.0 Å². The lowest BCUT2D eigenvalue weighted by atomic mass is 10.1. The van der Waals surface area contributed by atoms with Crippen LogP contribution in [0.3, 0.4) is 0 Å². The first kappa shape index (κ1) is 18.1. The number of benzene rings is 2. The van der Waals surface area contributed by atoms with Gasteiger partial charge in [0.05, 0.1) is 16.1 Å². The third kappa shape index (κ3) is 3.47. The Bertz CT molecular complexity index is 1230. The standard InChI is InChI=1S/C19H11Br2N3O2S/c20-13-6-12(17(25)15(21)7-13)8-23-24-10-22-18-16(19(24)26)14(9-27-18)11-4-2-1-3-5-11/h1-10,25H/b23-8+. The molecule has 2 heterocycles. The van der Waals surface area contributed by atoms with Gasteiger partial charge in [0.25, 0.3) is 5.56 Å². The lowest BCUT2D eigenvalue weighted by molar-refractivity contribution is 0.471. The lowest BCUT2D eigenvalue weighted by Gasteiger charge is -2.04. The number of hydrogen-bond acceptors (Lipinski definition) is 5. The monoisotopic (exact) mass is 503 g/mol. The average Bonchev–Trinajstić information content (AvgIpc) is 3.10. The van der Waals surface area contributed by atoms with Gasteiger partial charge in [0.15, 0.2) is 0 Å². The first-order chi connectivity index (χ1) is 13.0. The number of phenolic OH excluding ortho intramolecular Hbond substituents is 1. The topological polar surface area (TPSA) is 67.5 Å². The minimum absolute atomic E-state index is 0.0459. The van der Waals surface area contributed by atoms with E-state index < -0.39 is 0 Å². The Kier molecular flexibility index (Phi) is 4.94. The van der Waals surface area contributed by atoms with Gasteiger partial charge >= 0.3 is 0 Å². The molecule has 4 rings (SSSR count). The van der Waals surface area contributed by atoms with Crippen molar-refractivity contribution in [1.29, 1.82) is 0 Å². The predicted molar refractivity (Wildman–Crippen MR) is 116 cm³/mol. The van der Waals surface area contributed by atoms with Gasteiger partial charge in [0, 0.05) is 21.0 Å². The summed E-state index contributed by atoms with van der Waals surface area (Å²) in [4.78, 5) is 18.0. The second-order valence-electron chi connectivity index (χ2n) is 5.66. The van der Waals surface area contributed by atoms with Crippen LogP contribution in [0.5, 0.6) is 5.75 Å². The molecule has 0 fully saturated rings. The van der Waals surface area contributed by atoms with E-state index in [1.54, 1.807) is 12.1 Å². The summed E-state index contributed by atoms with van der Waals surface area (Å²) < 4.78 is 2.48. The number of aromatic nitrogens is 2. The molecular weight excluding hydrogens is 494 g/mol. The molecule has 0 atom stereocenters. The molecule has 0 aliphatic heterocycles. The van der Waals surface area contributed by atoms with Crippen molar-refractivity contribution in [1.82, 2.24) is 9.66 Å². The summed E-state index contributed by atoms with van der Waals surface area (Å²) in [5, 5.41) is 16.8. The predicted octanol–water partition coefficient (Wildman–Crippen LogP) is 5.24. The van der Waals surface area contributed by atoms with Crippen LogP contribution >= 0.6 is 43.2 Å². The van der Waals surface area contributed by atoms with Crippen molar-refractivity contribution in [2.24, 2.45) is 5.10 Å². The highest BCUT2D eigenvalue weighted by Crippen LogP contribution is 2.31. The number of nitrogens with zero attached hydrogens (tertiary/aromatic N) is 3. The zero-order chi connectivity index (χ0) is 19.0. The van der Waals surface area contributed by atoms with Crippen molar-refractivity contribution in [2.75, 3.05) is 0 Å². The van der Waals surface area contributed by atoms with Crippen LogP contribution in [0.1, 0.15) is 5.56 Å². The Balaban J connectivity index is 1.82. The van der Waals surface area contributed by atoms with Crippen LogP contribution in [0.25, 0.3) is 21.3 Å². The van der Waals surface area contributed by atoms with E-state index in [4.69, 9.17) is 0 Å². The van der Waals surface area contributed by atoms with Gasteiger partial charge in [-0.2, -0.15) is 9.78 Å². The normalized spacial score (nSPS) is 11.5. The Morgan fingerprint density at radius 1 is 1.19 bits per heavy atom. The first-order valence-corrected chi connectivity index (χ1v) is 10.3. The summed E-state index contributed by atoms with van der Waals surface area (Å²) in [7, 11) is 0. The molecule has 4 aromatic rings. The molecule has 134 valence electrons. The van der Waals surface area contributed by atoms with Crippen LogP contribution in [0.4, 0.5) is 0 Å². The maximum atomic E-state index is 13.0. The third-order valence-corrected chi connectivity index (χ3v) is 5.89. The second-order valence-corrected chi connectivity index (χ2v) is 8.29. The number of fused-ring (bicyclic) bond motifs is 1. The Hall–Kier alpha value is -2.29. The van der Waals surface area contributed by atoms with Gasteiger partial charge in [-0.25, -0.2) is 4.98 Å². The van der Waals surface area contributed by atoms with Crippen LogP contribution in [0.2, 0.25) is 0 Å². The minimum Gasteiger partial charge on any atom is -0.506 e. The fraction of sp³-hybridized carbons (Fsp3) is 0. The molecule has 1 N–H and O–H groups in total. The SMILES string of the molecule is O=c1c2c(-c3ccccc3)csc2ncn1/N=C/c1cc(Br)cc(Br)c1O. The Morgan fingerprint density at radius 3 is 2.74 bits per heavy atom.